The zero-order chi connectivity index (χ0) is 18.5. The summed E-state index contributed by atoms with van der Waals surface area (Å²) in [5, 5.41) is 4.52. The number of esters is 1. The van der Waals surface area contributed by atoms with Crippen molar-refractivity contribution >= 4 is 34.8 Å². The maximum absolute atomic E-state index is 12.5. The SMILES string of the molecule is Cc1cccc(NC(=O)COC(=O)[C@H]2CCCN2C(=O)c2cccs2)c1. The van der Waals surface area contributed by atoms with Crippen molar-refractivity contribution in [3.8, 4) is 0 Å². The number of ether oxygens (including phenoxy) is 1. The number of hydrogen-bond acceptors (Lipinski definition) is 5. The summed E-state index contributed by atoms with van der Waals surface area (Å²) in [4.78, 5) is 38.9. The summed E-state index contributed by atoms with van der Waals surface area (Å²) >= 11 is 1.34. The first kappa shape index (κ1) is 18.1. The highest BCUT2D eigenvalue weighted by atomic mass is 32.1. The maximum Gasteiger partial charge on any atom is 0.329 e. The van der Waals surface area contributed by atoms with Crippen LogP contribution in [0.3, 0.4) is 0 Å². The number of anilines is 1. The van der Waals surface area contributed by atoms with Crippen LogP contribution in [0.2, 0.25) is 0 Å². The number of carbonyl (C=O) groups is 3. The van der Waals surface area contributed by atoms with Crippen molar-refractivity contribution in [3.05, 3.63) is 52.2 Å². The van der Waals surface area contributed by atoms with Crippen LogP contribution in [0.4, 0.5) is 5.69 Å². The van der Waals surface area contributed by atoms with Crippen LogP contribution in [0, 0.1) is 6.92 Å². The molecule has 0 aliphatic carbocycles. The number of amides is 2. The van der Waals surface area contributed by atoms with Gasteiger partial charge in [-0.1, -0.05) is 18.2 Å². The lowest BCUT2D eigenvalue weighted by Gasteiger charge is -2.22. The predicted molar refractivity (Wildman–Crippen MR) is 99.1 cm³/mol. The van der Waals surface area contributed by atoms with E-state index in [0.717, 1.165) is 12.0 Å². The third-order valence-electron chi connectivity index (χ3n) is 4.17. The molecule has 1 aliphatic rings. The fourth-order valence-electron chi connectivity index (χ4n) is 2.95. The molecule has 1 saturated heterocycles. The van der Waals surface area contributed by atoms with E-state index in [1.807, 2.05) is 30.5 Å². The molecule has 7 heteroatoms. The maximum atomic E-state index is 12.5. The number of nitrogens with zero attached hydrogens (tertiary/aromatic N) is 1. The van der Waals surface area contributed by atoms with Gasteiger partial charge in [0.2, 0.25) is 0 Å². The topological polar surface area (TPSA) is 75.7 Å². The molecule has 136 valence electrons. The fraction of sp³-hybridized carbons (Fsp3) is 0.316. The number of thiophene rings is 1. The Bertz CT molecular complexity index is 804. The Balaban J connectivity index is 1.54. The van der Waals surface area contributed by atoms with Gasteiger partial charge in [-0.2, -0.15) is 0 Å². The number of aryl methyl sites for hydroxylation is 1. The van der Waals surface area contributed by atoms with E-state index in [2.05, 4.69) is 5.32 Å². The quantitative estimate of drug-likeness (QED) is 0.819. The van der Waals surface area contributed by atoms with Crippen molar-refractivity contribution in [3.63, 3.8) is 0 Å². The molecule has 1 aliphatic heterocycles. The summed E-state index contributed by atoms with van der Waals surface area (Å²) in [5.41, 5.74) is 1.68. The van der Waals surface area contributed by atoms with E-state index in [9.17, 15) is 14.4 Å². The summed E-state index contributed by atoms with van der Waals surface area (Å²) in [5.74, 6) is -1.10. The Kier molecular flexibility index (Phi) is 5.68. The van der Waals surface area contributed by atoms with E-state index >= 15 is 0 Å². The van der Waals surface area contributed by atoms with E-state index < -0.39 is 17.9 Å². The van der Waals surface area contributed by atoms with Crippen molar-refractivity contribution in [2.45, 2.75) is 25.8 Å². The zero-order valence-corrected chi connectivity index (χ0v) is 15.3. The van der Waals surface area contributed by atoms with Gasteiger partial charge >= 0.3 is 5.97 Å². The molecule has 0 unspecified atom stereocenters. The fourth-order valence-corrected chi connectivity index (χ4v) is 3.63. The van der Waals surface area contributed by atoms with Gasteiger partial charge in [-0.15, -0.1) is 11.3 Å². The smallest absolute Gasteiger partial charge is 0.329 e. The molecule has 3 rings (SSSR count). The van der Waals surface area contributed by atoms with Crippen LogP contribution in [-0.2, 0) is 14.3 Å². The van der Waals surface area contributed by atoms with Crippen molar-refractivity contribution < 1.29 is 19.1 Å². The standard InChI is InChI=1S/C19H20N2O4S/c1-13-5-2-6-14(11-13)20-17(22)12-25-19(24)15-7-3-9-21(15)18(23)16-8-4-10-26-16/h2,4-6,8,10-11,15H,3,7,9,12H2,1H3,(H,20,22)/t15-/m1/s1. The monoisotopic (exact) mass is 372 g/mol. The predicted octanol–water partition coefficient (Wildman–Crippen LogP) is 2.84. The van der Waals surface area contributed by atoms with Gasteiger partial charge in [-0.05, 0) is 48.9 Å². The first-order valence-electron chi connectivity index (χ1n) is 8.42. The Morgan fingerprint density at radius 2 is 2.12 bits per heavy atom. The average molecular weight is 372 g/mol. The van der Waals surface area contributed by atoms with Crippen molar-refractivity contribution in [1.82, 2.24) is 4.90 Å². The van der Waals surface area contributed by atoms with E-state index in [0.29, 0.717) is 23.5 Å². The lowest BCUT2D eigenvalue weighted by Crippen LogP contribution is -2.41. The van der Waals surface area contributed by atoms with Crippen LogP contribution in [0.1, 0.15) is 28.1 Å². The van der Waals surface area contributed by atoms with Gasteiger partial charge in [-0.3, -0.25) is 9.59 Å². The summed E-state index contributed by atoms with van der Waals surface area (Å²) in [7, 11) is 0. The first-order chi connectivity index (χ1) is 12.5. The molecule has 1 aromatic heterocycles. The minimum absolute atomic E-state index is 0.163. The molecule has 0 saturated carbocycles. The molecule has 2 heterocycles. The lowest BCUT2D eigenvalue weighted by atomic mass is 10.2. The van der Waals surface area contributed by atoms with Crippen LogP contribution >= 0.6 is 11.3 Å². The van der Waals surface area contributed by atoms with Gasteiger partial charge in [-0.25, -0.2) is 4.79 Å². The minimum atomic E-state index is -0.628. The second-order valence-corrected chi connectivity index (χ2v) is 7.11. The van der Waals surface area contributed by atoms with Gasteiger partial charge < -0.3 is 15.0 Å². The highest BCUT2D eigenvalue weighted by Crippen LogP contribution is 2.23. The van der Waals surface area contributed by atoms with Crippen molar-refractivity contribution in [1.29, 1.82) is 0 Å². The minimum Gasteiger partial charge on any atom is -0.454 e. The van der Waals surface area contributed by atoms with Crippen LogP contribution < -0.4 is 5.32 Å². The molecule has 2 aromatic rings. The molecule has 0 spiro atoms. The number of hydrogen-bond donors (Lipinski definition) is 1. The highest BCUT2D eigenvalue weighted by molar-refractivity contribution is 7.12. The molecule has 6 nitrogen and oxygen atoms in total. The third kappa shape index (κ3) is 4.29. The molecule has 0 bridgehead atoms. The number of rotatable bonds is 5. The molecule has 2 amide bonds. The number of nitrogens with one attached hydrogen (secondary N) is 1. The van der Waals surface area contributed by atoms with Gasteiger partial charge in [0.25, 0.3) is 11.8 Å². The van der Waals surface area contributed by atoms with E-state index in [1.165, 1.54) is 16.2 Å². The number of carbonyl (C=O) groups excluding carboxylic acids is 3. The molecule has 1 atom stereocenters. The van der Waals surface area contributed by atoms with Crippen molar-refractivity contribution in [2.24, 2.45) is 0 Å². The first-order valence-corrected chi connectivity index (χ1v) is 9.30. The second kappa shape index (κ2) is 8.14. The molecule has 1 fully saturated rings. The summed E-state index contributed by atoms with van der Waals surface area (Å²) in [6, 6.07) is 10.3. The Labute approximate surface area is 155 Å². The Morgan fingerprint density at radius 1 is 1.27 bits per heavy atom. The van der Waals surface area contributed by atoms with Crippen molar-refractivity contribution in [2.75, 3.05) is 18.5 Å². The van der Waals surface area contributed by atoms with Crippen LogP contribution in [-0.4, -0.2) is 41.9 Å². The molecule has 26 heavy (non-hydrogen) atoms. The number of benzene rings is 1. The van der Waals surface area contributed by atoms with Gasteiger partial charge in [0.1, 0.15) is 6.04 Å². The Morgan fingerprint density at radius 3 is 2.85 bits per heavy atom. The summed E-state index contributed by atoms with van der Waals surface area (Å²) < 4.78 is 5.15. The highest BCUT2D eigenvalue weighted by Gasteiger charge is 2.36. The molecular weight excluding hydrogens is 352 g/mol. The van der Waals surface area contributed by atoms with Crippen LogP contribution in [0.25, 0.3) is 0 Å². The molecule has 1 N–H and O–H groups in total. The van der Waals surface area contributed by atoms with Crippen LogP contribution in [0.5, 0.6) is 0 Å². The van der Waals surface area contributed by atoms with Gasteiger partial charge in [0.05, 0.1) is 4.88 Å². The molecule has 1 aromatic carbocycles. The van der Waals surface area contributed by atoms with E-state index in [-0.39, 0.29) is 12.5 Å². The Hall–Kier alpha value is -2.67. The average Bonchev–Trinajstić information content (AvgIpc) is 3.30. The molecule has 0 radical (unpaired) electrons. The second-order valence-electron chi connectivity index (χ2n) is 6.16. The number of likely N-dealkylation sites (tertiary alicyclic amines) is 1. The third-order valence-corrected chi connectivity index (χ3v) is 5.02. The zero-order valence-electron chi connectivity index (χ0n) is 14.4. The van der Waals surface area contributed by atoms with Crippen LogP contribution in [0.15, 0.2) is 41.8 Å². The lowest BCUT2D eigenvalue weighted by molar-refractivity contribution is -0.151. The van der Waals surface area contributed by atoms with E-state index in [1.54, 1.807) is 18.2 Å². The van der Waals surface area contributed by atoms with Gasteiger partial charge in [0.15, 0.2) is 6.61 Å². The normalized spacial score (nSPS) is 16.3. The summed E-state index contributed by atoms with van der Waals surface area (Å²) in [6.45, 7) is 2.07. The van der Waals surface area contributed by atoms with E-state index in [4.69, 9.17) is 4.74 Å². The largest absolute Gasteiger partial charge is 0.454 e. The van der Waals surface area contributed by atoms with Gasteiger partial charge in [0, 0.05) is 12.2 Å². The molecular formula is C19H20N2O4S. The summed E-state index contributed by atoms with van der Waals surface area (Å²) in [6.07, 6.45) is 1.29.